The van der Waals surface area contributed by atoms with Crippen LogP contribution in [0.5, 0.6) is 0 Å². The van der Waals surface area contributed by atoms with Crippen LogP contribution >= 0.6 is 0 Å². The normalized spacial score (nSPS) is 15.8. The molecule has 0 aliphatic carbocycles. The minimum atomic E-state index is -0.880. The molecular weight excluding hydrogens is 429 g/mol. The minimum absolute atomic E-state index is 0.299. The van der Waals surface area contributed by atoms with E-state index in [1.54, 1.807) is 42.3 Å². The fourth-order valence-corrected chi connectivity index (χ4v) is 4.04. The number of nitrogens with zero attached hydrogens (tertiary/aromatic N) is 5. The molecule has 0 saturated carbocycles. The molecule has 5 rings (SSSR count). The largest absolute Gasteiger partial charge is 0.480 e. The van der Waals surface area contributed by atoms with Crippen LogP contribution in [0.15, 0.2) is 42.6 Å². The zero-order chi connectivity index (χ0) is 23.1. The Bertz CT molecular complexity index is 1360. The molecule has 4 heterocycles. The highest BCUT2D eigenvalue weighted by molar-refractivity contribution is 6.03. The molecular formula is C22H20FN7O3. The predicted molar refractivity (Wildman–Crippen MR) is 118 cm³/mol. The van der Waals surface area contributed by atoms with E-state index in [4.69, 9.17) is 0 Å². The maximum absolute atomic E-state index is 14.0. The van der Waals surface area contributed by atoms with Crippen LogP contribution in [0.4, 0.5) is 16.0 Å². The number of H-pyrrole nitrogens is 1. The number of hydrogen-bond donors (Lipinski definition) is 3. The summed E-state index contributed by atoms with van der Waals surface area (Å²) in [4.78, 5) is 37.4. The van der Waals surface area contributed by atoms with E-state index in [9.17, 15) is 19.1 Å². The third kappa shape index (κ3) is 3.77. The molecule has 10 nitrogen and oxygen atoms in total. The topological polar surface area (TPSA) is 129 Å². The molecule has 4 aromatic rings. The molecule has 0 bridgehead atoms. The summed E-state index contributed by atoms with van der Waals surface area (Å²) in [5.41, 5.74) is 1.67. The third-order valence-corrected chi connectivity index (χ3v) is 5.67. The molecule has 1 saturated heterocycles. The average Bonchev–Trinajstić information content (AvgIpc) is 3.52. The van der Waals surface area contributed by atoms with Gasteiger partial charge in [0.05, 0.1) is 11.1 Å². The van der Waals surface area contributed by atoms with Crippen molar-refractivity contribution in [3.63, 3.8) is 0 Å². The van der Waals surface area contributed by atoms with Gasteiger partial charge in [0.2, 0.25) is 0 Å². The number of nitrogens with one attached hydrogen (secondary N) is 2. The lowest BCUT2D eigenvalue weighted by atomic mass is 10.2. The Hall–Kier alpha value is -4.28. The Labute approximate surface area is 187 Å². The number of imidazole rings is 1. The summed E-state index contributed by atoms with van der Waals surface area (Å²) in [6.07, 6.45) is 2.76. The Morgan fingerprint density at radius 1 is 1.27 bits per heavy atom. The molecule has 3 N–H and O–H groups in total. The second-order valence-corrected chi connectivity index (χ2v) is 7.81. The van der Waals surface area contributed by atoms with Gasteiger partial charge in [0.1, 0.15) is 28.9 Å². The summed E-state index contributed by atoms with van der Waals surface area (Å²) in [7, 11) is 1.69. The maximum Gasteiger partial charge on any atom is 0.326 e. The zero-order valence-electron chi connectivity index (χ0n) is 17.6. The Morgan fingerprint density at radius 2 is 2.12 bits per heavy atom. The van der Waals surface area contributed by atoms with E-state index in [1.165, 1.54) is 16.9 Å². The molecule has 1 aromatic carbocycles. The maximum atomic E-state index is 14.0. The molecule has 33 heavy (non-hydrogen) atoms. The molecule has 1 atom stereocenters. The van der Waals surface area contributed by atoms with Crippen molar-refractivity contribution in [2.24, 2.45) is 7.05 Å². The lowest BCUT2D eigenvalue weighted by Crippen LogP contribution is -2.36. The number of carboxylic acids is 1. The van der Waals surface area contributed by atoms with Gasteiger partial charge in [-0.25, -0.2) is 19.2 Å². The van der Waals surface area contributed by atoms with Gasteiger partial charge in [-0.2, -0.15) is 5.10 Å². The summed E-state index contributed by atoms with van der Waals surface area (Å²) in [6.45, 7) is 0.609. The van der Waals surface area contributed by atoms with E-state index >= 15 is 0 Å². The average molecular weight is 449 g/mol. The number of aromatic amines is 1. The van der Waals surface area contributed by atoms with Gasteiger partial charge >= 0.3 is 5.97 Å². The van der Waals surface area contributed by atoms with E-state index in [0.717, 1.165) is 6.42 Å². The molecule has 3 aromatic heterocycles. The van der Waals surface area contributed by atoms with Crippen molar-refractivity contribution in [2.45, 2.75) is 18.9 Å². The van der Waals surface area contributed by atoms with Gasteiger partial charge in [-0.3, -0.25) is 9.48 Å². The van der Waals surface area contributed by atoms with Crippen molar-refractivity contribution in [3.8, 4) is 11.5 Å². The molecule has 1 fully saturated rings. The number of halogens is 1. The number of hydrogen-bond acceptors (Lipinski definition) is 6. The van der Waals surface area contributed by atoms with Crippen LogP contribution in [0.25, 0.3) is 22.6 Å². The minimum Gasteiger partial charge on any atom is -0.480 e. The fraction of sp³-hybridized carbons (Fsp3) is 0.227. The number of aromatic nitrogens is 5. The first-order valence-corrected chi connectivity index (χ1v) is 10.4. The molecule has 1 aliphatic rings. The second-order valence-electron chi connectivity index (χ2n) is 7.81. The van der Waals surface area contributed by atoms with Gasteiger partial charge in [0, 0.05) is 25.9 Å². The summed E-state index contributed by atoms with van der Waals surface area (Å²) >= 11 is 0. The van der Waals surface area contributed by atoms with E-state index in [1.807, 2.05) is 0 Å². The third-order valence-electron chi connectivity index (χ3n) is 5.67. The number of aryl methyl sites for hydroxylation is 1. The summed E-state index contributed by atoms with van der Waals surface area (Å²) in [5, 5.41) is 16.4. The van der Waals surface area contributed by atoms with E-state index in [-0.39, 0.29) is 0 Å². The second kappa shape index (κ2) is 8.01. The number of aliphatic carboxylic acids is 1. The summed E-state index contributed by atoms with van der Waals surface area (Å²) < 4.78 is 15.5. The van der Waals surface area contributed by atoms with Crippen molar-refractivity contribution in [1.82, 2.24) is 24.7 Å². The smallest absolute Gasteiger partial charge is 0.326 e. The van der Waals surface area contributed by atoms with Crippen LogP contribution in [0, 0.1) is 5.82 Å². The lowest BCUT2D eigenvalue weighted by molar-refractivity contribution is -0.138. The SMILES string of the molecule is Cn1nc(NC(=O)c2ccc(N3CCC[C@H]3C(=O)O)nc2)cc1-c1nc2cccc(F)c2[nH]1. The van der Waals surface area contributed by atoms with Crippen molar-refractivity contribution >= 4 is 34.5 Å². The van der Waals surface area contributed by atoms with E-state index in [0.29, 0.717) is 52.7 Å². The van der Waals surface area contributed by atoms with Crippen LogP contribution in [0.2, 0.25) is 0 Å². The summed E-state index contributed by atoms with van der Waals surface area (Å²) in [6, 6.07) is 8.91. The quantitative estimate of drug-likeness (QED) is 0.427. The highest BCUT2D eigenvalue weighted by Gasteiger charge is 2.31. The Kier molecular flexibility index (Phi) is 5.00. The highest BCUT2D eigenvalue weighted by Crippen LogP contribution is 2.26. The zero-order valence-corrected chi connectivity index (χ0v) is 17.6. The van der Waals surface area contributed by atoms with Crippen LogP contribution in [-0.2, 0) is 11.8 Å². The van der Waals surface area contributed by atoms with Crippen molar-refractivity contribution in [2.75, 3.05) is 16.8 Å². The van der Waals surface area contributed by atoms with Crippen LogP contribution in [0.3, 0.4) is 0 Å². The molecule has 1 aliphatic heterocycles. The van der Waals surface area contributed by atoms with Crippen molar-refractivity contribution < 1.29 is 19.1 Å². The molecule has 0 unspecified atom stereocenters. The number of carboxylic acid groups (broad SMARTS) is 1. The number of carbonyl (C=O) groups is 2. The van der Waals surface area contributed by atoms with E-state index < -0.39 is 23.7 Å². The first kappa shape index (κ1) is 20.6. The first-order chi connectivity index (χ1) is 15.9. The molecule has 0 spiro atoms. The van der Waals surface area contributed by atoms with Crippen LogP contribution in [-0.4, -0.2) is 54.3 Å². The standard InChI is InChI=1S/C22H20FN7O3/c1-29-16(20-25-14-5-2-4-13(23)19(14)27-20)10-17(28-29)26-21(31)12-7-8-18(24-11-12)30-9-3-6-15(30)22(32)33/h2,4-5,7-8,10-11,15H,3,6,9H2,1H3,(H,25,27)(H,32,33)(H,26,28,31)/t15-/m0/s1. The Balaban J connectivity index is 1.33. The van der Waals surface area contributed by atoms with Gasteiger partial charge in [-0.1, -0.05) is 6.07 Å². The highest BCUT2D eigenvalue weighted by atomic mass is 19.1. The van der Waals surface area contributed by atoms with Crippen molar-refractivity contribution in [1.29, 1.82) is 0 Å². The molecule has 0 radical (unpaired) electrons. The number of fused-ring (bicyclic) bond motifs is 1. The van der Waals surface area contributed by atoms with Crippen LogP contribution < -0.4 is 10.2 Å². The predicted octanol–water partition coefficient (Wildman–Crippen LogP) is 2.80. The number of rotatable bonds is 5. The number of carbonyl (C=O) groups excluding carboxylic acids is 1. The van der Waals surface area contributed by atoms with E-state index in [2.05, 4.69) is 25.4 Å². The molecule has 1 amide bonds. The Morgan fingerprint density at radius 3 is 2.85 bits per heavy atom. The van der Waals surface area contributed by atoms with Crippen molar-refractivity contribution in [3.05, 3.63) is 54.0 Å². The lowest BCUT2D eigenvalue weighted by Gasteiger charge is -2.22. The van der Waals surface area contributed by atoms with Gasteiger partial charge in [0.25, 0.3) is 5.91 Å². The van der Waals surface area contributed by atoms with Crippen LogP contribution in [0.1, 0.15) is 23.2 Å². The number of para-hydroxylation sites is 1. The fourth-order valence-electron chi connectivity index (χ4n) is 4.04. The molecule has 168 valence electrons. The van der Waals surface area contributed by atoms with Gasteiger partial charge in [0.15, 0.2) is 11.6 Å². The molecule has 11 heteroatoms. The van der Waals surface area contributed by atoms with Gasteiger partial charge in [-0.05, 0) is 37.1 Å². The number of pyridine rings is 1. The van der Waals surface area contributed by atoms with Gasteiger partial charge in [-0.15, -0.1) is 0 Å². The number of amides is 1. The number of anilines is 2. The first-order valence-electron chi connectivity index (χ1n) is 10.4. The van der Waals surface area contributed by atoms with Gasteiger partial charge < -0.3 is 20.3 Å². The summed E-state index contributed by atoms with van der Waals surface area (Å²) in [5.74, 6) is -0.446. The number of benzene rings is 1. The monoisotopic (exact) mass is 449 g/mol.